The summed E-state index contributed by atoms with van der Waals surface area (Å²) in [5, 5.41) is 0. The van der Waals surface area contributed by atoms with Crippen molar-refractivity contribution < 1.29 is 4.74 Å². The van der Waals surface area contributed by atoms with Crippen molar-refractivity contribution in [3.63, 3.8) is 0 Å². The lowest BCUT2D eigenvalue weighted by atomic mass is 9.73. The summed E-state index contributed by atoms with van der Waals surface area (Å²) >= 11 is 0. The van der Waals surface area contributed by atoms with Crippen LogP contribution >= 0.6 is 0 Å². The number of nitrogens with two attached hydrogens (primary N) is 1. The Kier molecular flexibility index (Phi) is 3.06. The van der Waals surface area contributed by atoms with Crippen LogP contribution in [0.1, 0.15) is 39.0 Å². The highest BCUT2D eigenvalue weighted by Gasteiger charge is 2.45. The molecule has 2 N–H and O–H groups in total. The normalized spacial score (nSPS) is 36.2. The average Bonchev–Trinajstić information content (AvgIpc) is 2.17. The third-order valence-electron chi connectivity index (χ3n) is 4.49. The molecule has 88 valence electrons. The van der Waals surface area contributed by atoms with Gasteiger partial charge in [0.1, 0.15) is 0 Å². The zero-order valence-corrected chi connectivity index (χ0v) is 10.1. The molecular weight excluding hydrogens is 188 g/mol. The maximum atomic E-state index is 5.95. The molecule has 1 heterocycles. The van der Waals surface area contributed by atoms with Crippen LogP contribution in [-0.4, -0.2) is 42.8 Å². The Morgan fingerprint density at radius 2 is 2.00 bits per heavy atom. The molecule has 0 aromatic carbocycles. The monoisotopic (exact) mass is 212 g/mol. The standard InChI is InChI=1S/C12H24N2O/c1-11(15-2)5-4-8-14(10-11)12(9-13)6-3-7-12/h3-10,13H2,1-2H3. The van der Waals surface area contributed by atoms with Crippen LogP contribution in [0.25, 0.3) is 0 Å². The first-order valence-electron chi connectivity index (χ1n) is 6.14. The average molecular weight is 212 g/mol. The summed E-state index contributed by atoms with van der Waals surface area (Å²) in [4.78, 5) is 2.59. The van der Waals surface area contributed by atoms with Gasteiger partial charge in [-0.2, -0.15) is 0 Å². The van der Waals surface area contributed by atoms with Crippen molar-refractivity contribution in [3.05, 3.63) is 0 Å². The summed E-state index contributed by atoms with van der Waals surface area (Å²) in [6, 6.07) is 0. The second-order valence-electron chi connectivity index (χ2n) is 5.46. The lowest BCUT2D eigenvalue weighted by Crippen LogP contribution is -2.63. The Morgan fingerprint density at radius 1 is 1.27 bits per heavy atom. The molecule has 0 spiro atoms. The summed E-state index contributed by atoms with van der Waals surface area (Å²) in [7, 11) is 1.83. The number of methoxy groups -OCH3 is 1. The summed E-state index contributed by atoms with van der Waals surface area (Å²) in [5.74, 6) is 0. The molecule has 15 heavy (non-hydrogen) atoms. The molecule has 3 nitrogen and oxygen atoms in total. The van der Waals surface area contributed by atoms with E-state index in [0.717, 1.165) is 13.1 Å². The van der Waals surface area contributed by atoms with Crippen molar-refractivity contribution in [1.29, 1.82) is 0 Å². The highest BCUT2D eigenvalue weighted by Crippen LogP contribution is 2.40. The van der Waals surface area contributed by atoms with E-state index in [-0.39, 0.29) is 5.60 Å². The highest BCUT2D eigenvalue weighted by atomic mass is 16.5. The zero-order chi connectivity index (χ0) is 10.9. The molecule has 0 aromatic rings. The van der Waals surface area contributed by atoms with Crippen molar-refractivity contribution >= 4 is 0 Å². The molecule has 1 saturated heterocycles. The van der Waals surface area contributed by atoms with Gasteiger partial charge in [-0.05, 0) is 45.6 Å². The van der Waals surface area contributed by atoms with E-state index in [1.807, 2.05) is 7.11 Å². The second-order valence-corrected chi connectivity index (χ2v) is 5.46. The molecule has 1 saturated carbocycles. The highest BCUT2D eigenvalue weighted by molar-refractivity contribution is 5.02. The van der Waals surface area contributed by atoms with Crippen LogP contribution < -0.4 is 5.73 Å². The quantitative estimate of drug-likeness (QED) is 0.768. The van der Waals surface area contributed by atoms with Gasteiger partial charge >= 0.3 is 0 Å². The first-order valence-corrected chi connectivity index (χ1v) is 6.14. The predicted octanol–water partition coefficient (Wildman–Crippen LogP) is 1.37. The van der Waals surface area contributed by atoms with Gasteiger partial charge in [-0.1, -0.05) is 0 Å². The fourth-order valence-electron chi connectivity index (χ4n) is 3.01. The molecule has 2 rings (SSSR count). The van der Waals surface area contributed by atoms with E-state index >= 15 is 0 Å². The molecule has 2 aliphatic rings. The van der Waals surface area contributed by atoms with E-state index in [4.69, 9.17) is 10.5 Å². The van der Waals surface area contributed by atoms with Crippen LogP contribution in [0.2, 0.25) is 0 Å². The number of hydrogen-bond acceptors (Lipinski definition) is 3. The van der Waals surface area contributed by atoms with Gasteiger partial charge in [0.05, 0.1) is 5.60 Å². The minimum Gasteiger partial charge on any atom is -0.377 e. The van der Waals surface area contributed by atoms with Gasteiger partial charge in [-0.3, -0.25) is 4.90 Å². The van der Waals surface area contributed by atoms with Crippen LogP contribution in [0.3, 0.4) is 0 Å². The number of ether oxygens (including phenoxy) is 1. The van der Waals surface area contributed by atoms with E-state index < -0.39 is 0 Å². The Hall–Kier alpha value is -0.120. The van der Waals surface area contributed by atoms with Gasteiger partial charge < -0.3 is 10.5 Å². The van der Waals surface area contributed by atoms with Crippen LogP contribution in [0.5, 0.6) is 0 Å². The van der Waals surface area contributed by atoms with Gasteiger partial charge in [-0.15, -0.1) is 0 Å². The lowest BCUT2D eigenvalue weighted by Gasteiger charge is -2.54. The Morgan fingerprint density at radius 3 is 2.47 bits per heavy atom. The van der Waals surface area contributed by atoms with Crippen LogP contribution in [0.15, 0.2) is 0 Å². The number of piperidine rings is 1. The number of hydrogen-bond donors (Lipinski definition) is 1. The molecule has 1 unspecified atom stereocenters. The third kappa shape index (κ3) is 1.93. The Balaban J connectivity index is 2.03. The predicted molar refractivity (Wildman–Crippen MR) is 61.9 cm³/mol. The van der Waals surface area contributed by atoms with E-state index in [1.165, 1.54) is 38.6 Å². The first kappa shape index (κ1) is 11.4. The summed E-state index contributed by atoms with van der Waals surface area (Å²) in [6.07, 6.45) is 6.33. The Labute approximate surface area is 93.0 Å². The van der Waals surface area contributed by atoms with Gasteiger partial charge in [0.2, 0.25) is 0 Å². The third-order valence-corrected chi connectivity index (χ3v) is 4.49. The van der Waals surface area contributed by atoms with Gasteiger partial charge in [0.15, 0.2) is 0 Å². The van der Waals surface area contributed by atoms with E-state index in [2.05, 4.69) is 11.8 Å². The van der Waals surface area contributed by atoms with Crippen LogP contribution in [-0.2, 0) is 4.74 Å². The molecule has 1 aliphatic carbocycles. The van der Waals surface area contributed by atoms with E-state index in [0.29, 0.717) is 5.54 Å². The molecule has 0 aromatic heterocycles. The fourth-order valence-corrected chi connectivity index (χ4v) is 3.01. The second kappa shape index (κ2) is 4.04. The number of likely N-dealkylation sites (tertiary alicyclic amines) is 1. The largest absolute Gasteiger partial charge is 0.377 e. The SMILES string of the molecule is COC1(C)CCCN(C2(CN)CCC2)C1. The number of rotatable bonds is 3. The molecule has 2 fully saturated rings. The molecule has 3 heteroatoms. The topological polar surface area (TPSA) is 38.5 Å². The van der Waals surface area contributed by atoms with Crippen molar-refractivity contribution in [2.75, 3.05) is 26.7 Å². The van der Waals surface area contributed by atoms with E-state index in [1.54, 1.807) is 0 Å². The molecular formula is C12H24N2O. The van der Waals surface area contributed by atoms with Crippen molar-refractivity contribution in [2.45, 2.75) is 50.2 Å². The molecule has 1 atom stereocenters. The minimum atomic E-state index is 0.0516. The summed E-state index contributed by atoms with van der Waals surface area (Å²) in [6.45, 7) is 5.30. The maximum Gasteiger partial charge on any atom is 0.0777 e. The van der Waals surface area contributed by atoms with Crippen LogP contribution in [0, 0.1) is 0 Å². The van der Waals surface area contributed by atoms with Gasteiger partial charge in [0.25, 0.3) is 0 Å². The smallest absolute Gasteiger partial charge is 0.0777 e. The summed E-state index contributed by atoms with van der Waals surface area (Å²) in [5.41, 5.74) is 6.32. The fraction of sp³-hybridized carbons (Fsp3) is 1.00. The van der Waals surface area contributed by atoms with Gasteiger partial charge in [-0.25, -0.2) is 0 Å². The molecule has 1 aliphatic heterocycles. The van der Waals surface area contributed by atoms with Crippen molar-refractivity contribution in [2.24, 2.45) is 5.73 Å². The minimum absolute atomic E-state index is 0.0516. The summed E-state index contributed by atoms with van der Waals surface area (Å²) < 4.78 is 5.63. The lowest BCUT2D eigenvalue weighted by molar-refractivity contribution is -0.0971. The Bertz CT molecular complexity index is 222. The molecule has 0 bridgehead atoms. The van der Waals surface area contributed by atoms with Crippen LogP contribution in [0.4, 0.5) is 0 Å². The first-order chi connectivity index (χ1) is 7.14. The maximum absolute atomic E-state index is 5.95. The van der Waals surface area contributed by atoms with E-state index in [9.17, 15) is 0 Å². The van der Waals surface area contributed by atoms with Crippen molar-refractivity contribution in [3.8, 4) is 0 Å². The number of nitrogens with zero attached hydrogens (tertiary/aromatic N) is 1. The zero-order valence-electron chi connectivity index (χ0n) is 10.1. The molecule has 0 radical (unpaired) electrons. The molecule has 0 amide bonds. The van der Waals surface area contributed by atoms with Crippen molar-refractivity contribution in [1.82, 2.24) is 4.90 Å². The van der Waals surface area contributed by atoms with Gasteiger partial charge in [0, 0.05) is 25.7 Å².